The van der Waals surface area contributed by atoms with Crippen LogP contribution in [0.5, 0.6) is 17.2 Å². The van der Waals surface area contributed by atoms with E-state index in [9.17, 15) is 13.2 Å². The average molecular weight is 524 g/mol. The molecule has 0 fully saturated rings. The van der Waals surface area contributed by atoms with Gasteiger partial charge >= 0.3 is 0 Å². The van der Waals surface area contributed by atoms with Crippen molar-refractivity contribution in [1.29, 1.82) is 0 Å². The maximum Gasteiger partial charge on any atom is 0.230 e. The van der Waals surface area contributed by atoms with Gasteiger partial charge in [0.05, 0.1) is 41.7 Å². The predicted molar refractivity (Wildman–Crippen MR) is 131 cm³/mol. The number of nitrogens with zero attached hydrogens (tertiary/aromatic N) is 2. The molecule has 8 nitrogen and oxygen atoms in total. The summed E-state index contributed by atoms with van der Waals surface area (Å²) < 4.78 is 34.3. The fraction of sp³-hybridized carbons (Fsp3) is 0.261. The minimum absolute atomic E-state index is 0.117. The van der Waals surface area contributed by atoms with Gasteiger partial charge in [0.1, 0.15) is 11.5 Å². The van der Waals surface area contributed by atoms with Crippen molar-refractivity contribution in [1.82, 2.24) is 9.97 Å². The summed E-state index contributed by atoms with van der Waals surface area (Å²) in [6.45, 7) is 4.09. The highest BCUT2D eigenvalue weighted by molar-refractivity contribution is 7.90. The molecule has 0 saturated carbocycles. The van der Waals surface area contributed by atoms with Crippen molar-refractivity contribution in [2.75, 3.05) is 18.7 Å². The monoisotopic (exact) mass is 523 g/mol. The van der Waals surface area contributed by atoms with E-state index >= 15 is 0 Å². The molecule has 1 aromatic heterocycles. The zero-order valence-corrected chi connectivity index (χ0v) is 21.3. The van der Waals surface area contributed by atoms with Gasteiger partial charge in [0.25, 0.3) is 0 Å². The summed E-state index contributed by atoms with van der Waals surface area (Å²) in [6, 6.07) is 8.47. The van der Waals surface area contributed by atoms with Crippen LogP contribution in [0.3, 0.4) is 0 Å². The molecular weight excluding hydrogens is 501 g/mol. The Kier molecular flexibility index (Phi) is 8.01. The Morgan fingerprint density at radius 2 is 1.76 bits per heavy atom. The molecule has 0 aliphatic rings. The molecule has 3 aromatic rings. The Balaban J connectivity index is 1.73. The first kappa shape index (κ1) is 25.7. The summed E-state index contributed by atoms with van der Waals surface area (Å²) in [7, 11) is -1.85. The minimum atomic E-state index is -3.46. The van der Waals surface area contributed by atoms with Crippen LogP contribution in [0.4, 0.5) is 5.69 Å². The molecule has 180 valence electrons. The van der Waals surface area contributed by atoms with Gasteiger partial charge < -0.3 is 14.8 Å². The SMILES string of the molecule is COc1ccc(Oc2c(Cl)cc(NC(=O)Cc3cnc(S(C)(=O)=O)cn3)cc2Cl)cc1C(C)C. The first-order chi connectivity index (χ1) is 16.0. The number of methoxy groups -OCH3 is 1. The number of aromatic nitrogens is 2. The van der Waals surface area contributed by atoms with E-state index in [2.05, 4.69) is 15.3 Å². The lowest BCUT2D eigenvalue weighted by Crippen LogP contribution is -2.16. The third kappa shape index (κ3) is 6.37. The van der Waals surface area contributed by atoms with Gasteiger partial charge in [-0.2, -0.15) is 0 Å². The number of nitrogens with one attached hydrogen (secondary N) is 1. The summed E-state index contributed by atoms with van der Waals surface area (Å²) in [4.78, 5) is 20.2. The second-order valence-corrected chi connectivity index (χ2v) is 10.5. The maximum atomic E-state index is 12.4. The lowest BCUT2D eigenvalue weighted by molar-refractivity contribution is -0.115. The maximum absolute atomic E-state index is 12.4. The van der Waals surface area contributed by atoms with Crippen LogP contribution in [0.25, 0.3) is 0 Å². The summed E-state index contributed by atoms with van der Waals surface area (Å²) in [5.41, 5.74) is 1.65. The molecule has 0 saturated heterocycles. The lowest BCUT2D eigenvalue weighted by atomic mass is 10.0. The Morgan fingerprint density at radius 1 is 1.09 bits per heavy atom. The number of sulfone groups is 1. The number of rotatable bonds is 8. The van der Waals surface area contributed by atoms with E-state index in [-0.39, 0.29) is 33.2 Å². The smallest absolute Gasteiger partial charge is 0.230 e. The third-order valence-corrected chi connectivity index (χ3v) is 6.26. The van der Waals surface area contributed by atoms with Crippen molar-refractivity contribution in [3.8, 4) is 17.2 Å². The van der Waals surface area contributed by atoms with Crippen LogP contribution >= 0.6 is 23.2 Å². The zero-order valence-electron chi connectivity index (χ0n) is 18.9. The summed E-state index contributed by atoms with van der Waals surface area (Å²) in [6.07, 6.45) is 3.27. The number of halogens is 2. The highest BCUT2D eigenvalue weighted by Crippen LogP contribution is 2.40. The Labute approximate surface area is 208 Å². The molecule has 0 radical (unpaired) electrons. The molecule has 0 unspecified atom stereocenters. The summed E-state index contributed by atoms with van der Waals surface area (Å²) in [5, 5.41) is 2.94. The highest BCUT2D eigenvalue weighted by Gasteiger charge is 2.16. The molecule has 34 heavy (non-hydrogen) atoms. The van der Waals surface area contributed by atoms with Gasteiger partial charge in [0.2, 0.25) is 5.91 Å². The van der Waals surface area contributed by atoms with Gasteiger partial charge in [-0.1, -0.05) is 37.0 Å². The second-order valence-electron chi connectivity index (χ2n) is 7.77. The van der Waals surface area contributed by atoms with Crippen LogP contribution in [0.2, 0.25) is 10.0 Å². The Hall–Kier alpha value is -2.88. The minimum Gasteiger partial charge on any atom is -0.496 e. The fourth-order valence-corrected chi connectivity index (χ4v) is 4.12. The Bertz CT molecular complexity index is 1290. The highest BCUT2D eigenvalue weighted by atomic mass is 35.5. The normalized spacial score (nSPS) is 11.4. The van der Waals surface area contributed by atoms with E-state index in [1.54, 1.807) is 13.2 Å². The number of benzene rings is 2. The first-order valence-corrected chi connectivity index (χ1v) is 12.8. The molecule has 0 spiro atoms. The molecule has 11 heteroatoms. The largest absolute Gasteiger partial charge is 0.496 e. The van der Waals surface area contributed by atoms with Crippen LogP contribution in [0.1, 0.15) is 31.0 Å². The van der Waals surface area contributed by atoms with E-state index in [0.717, 1.165) is 23.8 Å². The molecule has 1 heterocycles. The molecule has 0 aliphatic heterocycles. The van der Waals surface area contributed by atoms with E-state index in [0.29, 0.717) is 17.1 Å². The van der Waals surface area contributed by atoms with E-state index in [4.69, 9.17) is 32.7 Å². The molecule has 2 aromatic carbocycles. The van der Waals surface area contributed by atoms with Crippen molar-refractivity contribution in [3.05, 3.63) is 64.0 Å². The lowest BCUT2D eigenvalue weighted by Gasteiger charge is -2.16. The molecule has 3 rings (SSSR count). The standard InChI is InChI=1S/C23H23Cl2N3O5S/c1-13(2)17-10-16(5-6-20(17)32-3)33-23-18(24)7-14(8-19(23)25)28-21(29)9-15-11-27-22(12-26-15)34(4,30)31/h5-8,10-13H,9H2,1-4H3,(H,28,29). The zero-order chi connectivity index (χ0) is 25.0. The van der Waals surface area contributed by atoms with E-state index < -0.39 is 15.7 Å². The molecule has 0 aliphatic carbocycles. The number of carbonyl (C=O) groups excluding carboxylic acids is 1. The number of anilines is 1. The first-order valence-electron chi connectivity index (χ1n) is 10.1. The van der Waals surface area contributed by atoms with Gasteiger partial charge in [-0.3, -0.25) is 9.78 Å². The van der Waals surface area contributed by atoms with Gasteiger partial charge in [0.15, 0.2) is 20.6 Å². The van der Waals surface area contributed by atoms with E-state index in [1.807, 2.05) is 26.0 Å². The van der Waals surface area contributed by atoms with Crippen LogP contribution in [-0.4, -0.2) is 37.7 Å². The number of carbonyl (C=O) groups is 1. The second kappa shape index (κ2) is 10.6. The van der Waals surface area contributed by atoms with Gasteiger partial charge in [-0.05, 0) is 36.2 Å². The van der Waals surface area contributed by atoms with Crippen molar-refractivity contribution in [2.45, 2.75) is 31.2 Å². The number of hydrogen-bond donors (Lipinski definition) is 1. The van der Waals surface area contributed by atoms with Crippen LogP contribution in [-0.2, 0) is 21.1 Å². The number of amides is 1. The van der Waals surface area contributed by atoms with Crippen molar-refractivity contribution >= 4 is 44.6 Å². The van der Waals surface area contributed by atoms with E-state index in [1.165, 1.54) is 18.3 Å². The average Bonchev–Trinajstić information content (AvgIpc) is 2.75. The molecule has 0 atom stereocenters. The van der Waals surface area contributed by atoms with Crippen LogP contribution < -0.4 is 14.8 Å². The van der Waals surface area contributed by atoms with Crippen molar-refractivity contribution in [3.63, 3.8) is 0 Å². The summed E-state index contributed by atoms with van der Waals surface area (Å²) >= 11 is 12.8. The molecule has 1 amide bonds. The van der Waals surface area contributed by atoms with Crippen molar-refractivity contribution in [2.24, 2.45) is 0 Å². The van der Waals surface area contributed by atoms with Crippen LogP contribution in [0, 0.1) is 0 Å². The molecule has 1 N–H and O–H groups in total. The van der Waals surface area contributed by atoms with Gasteiger partial charge in [-0.25, -0.2) is 13.4 Å². The van der Waals surface area contributed by atoms with Crippen molar-refractivity contribution < 1.29 is 22.7 Å². The van der Waals surface area contributed by atoms with Crippen LogP contribution in [0.15, 0.2) is 47.8 Å². The molecule has 0 bridgehead atoms. The summed E-state index contributed by atoms with van der Waals surface area (Å²) in [5.74, 6) is 1.37. The third-order valence-electron chi connectivity index (χ3n) is 4.73. The number of hydrogen-bond acceptors (Lipinski definition) is 7. The fourth-order valence-electron chi connectivity index (χ4n) is 3.07. The molecular formula is C23H23Cl2N3O5S. The topological polar surface area (TPSA) is 107 Å². The predicted octanol–water partition coefficient (Wildman–Crippen LogP) is 5.29. The Morgan fingerprint density at radius 3 is 2.29 bits per heavy atom. The number of ether oxygens (including phenoxy) is 2. The van der Waals surface area contributed by atoms with Gasteiger partial charge in [0, 0.05) is 17.5 Å². The van der Waals surface area contributed by atoms with Gasteiger partial charge in [-0.15, -0.1) is 0 Å². The quantitative estimate of drug-likeness (QED) is 0.427.